The van der Waals surface area contributed by atoms with Crippen LogP contribution in [0, 0.1) is 12.7 Å². The van der Waals surface area contributed by atoms with Gasteiger partial charge in [-0.2, -0.15) is 0 Å². The van der Waals surface area contributed by atoms with E-state index in [0.717, 1.165) is 42.6 Å². The number of carboxylic acids is 1. The summed E-state index contributed by atoms with van der Waals surface area (Å²) in [5.41, 5.74) is 4.32. The van der Waals surface area contributed by atoms with Crippen LogP contribution >= 0.6 is 0 Å². The molecule has 0 atom stereocenters. The van der Waals surface area contributed by atoms with E-state index in [1.165, 1.54) is 18.2 Å². The van der Waals surface area contributed by atoms with E-state index >= 15 is 0 Å². The molecule has 1 saturated heterocycles. The number of carboxylic acid groups (broad SMARTS) is 1. The Bertz CT molecular complexity index is 1470. The molecule has 1 N–H and O–H groups in total. The van der Waals surface area contributed by atoms with Crippen LogP contribution in [0.2, 0.25) is 0 Å². The van der Waals surface area contributed by atoms with Crippen LogP contribution in [0.1, 0.15) is 71.3 Å². The lowest BCUT2D eigenvalue weighted by molar-refractivity contribution is 0.0543. The summed E-state index contributed by atoms with van der Waals surface area (Å²) in [5.74, 6) is -0.0849. The molecule has 42 heavy (non-hydrogen) atoms. The van der Waals surface area contributed by atoms with Gasteiger partial charge in [0.05, 0.1) is 40.8 Å². The third kappa shape index (κ3) is 6.26. The number of hydrogen-bond acceptors (Lipinski definition) is 6. The van der Waals surface area contributed by atoms with Crippen LogP contribution < -0.4 is 9.47 Å². The molecule has 8 nitrogen and oxygen atoms in total. The maximum atomic E-state index is 13.7. The monoisotopic (exact) mass is 575 g/mol. The third-order valence-electron chi connectivity index (χ3n) is 7.93. The van der Waals surface area contributed by atoms with E-state index in [-0.39, 0.29) is 29.4 Å². The minimum absolute atomic E-state index is 0.0532. The fourth-order valence-corrected chi connectivity index (χ4v) is 5.98. The highest BCUT2D eigenvalue weighted by Gasteiger charge is 2.34. The molecule has 222 valence electrons. The Balaban J connectivity index is 1.31. The molecule has 0 spiro atoms. The molecule has 0 saturated carbocycles. The third-order valence-corrected chi connectivity index (χ3v) is 7.93. The highest BCUT2D eigenvalue weighted by molar-refractivity contribution is 5.99. The highest BCUT2D eigenvalue weighted by Crippen LogP contribution is 2.41. The first-order chi connectivity index (χ1) is 20.1. The lowest BCUT2D eigenvalue weighted by atomic mass is 9.95. The summed E-state index contributed by atoms with van der Waals surface area (Å²) in [4.78, 5) is 33.7. The number of carbonyl (C=O) groups excluding carboxylic acids is 1. The van der Waals surface area contributed by atoms with Crippen molar-refractivity contribution in [1.29, 1.82) is 0 Å². The molecule has 1 amide bonds. The lowest BCUT2D eigenvalue weighted by Gasteiger charge is -2.40. The first kappa shape index (κ1) is 29.5. The van der Waals surface area contributed by atoms with E-state index in [4.69, 9.17) is 9.47 Å². The Morgan fingerprint density at radius 1 is 1.10 bits per heavy atom. The second kappa shape index (κ2) is 12.5. The number of rotatable bonds is 9. The normalized spacial score (nSPS) is 16.0. The highest BCUT2D eigenvalue weighted by atomic mass is 19.1. The SMILES string of the molecule is CCOc1cc(CN2CCC(N3CCc4nc(C)c(C(=O)O)cc4C3=O)CC2)cc(OC(C)C)c1-c1ccc(F)cc1. The number of pyridine rings is 1. The zero-order chi connectivity index (χ0) is 30.0. The van der Waals surface area contributed by atoms with Crippen molar-refractivity contribution in [3.05, 3.63) is 76.4 Å². The Labute approximate surface area is 246 Å². The molecule has 0 bridgehead atoms. The van der Waals surface area contributed by atoms with Gasteiger partial charge in [0.15, 0.2) is 0 Å². The Morgan fingerprint density at radius 2 is 1.79 bits per heavy atom. The van der Waals surface area contributed by atoms with E-state index < -0.39 is 5.97 Å². The maximum absolute atomic E-state index is 13.7. The lowest BCUT2D eigenvalue weighted by Crippen LogP contribution is -2.50. The largest absolute Gasteiger partial charge is 0.493 e. The van der Waals surface area contributed by atoms with Crippen LogP contribution in [0.4, 0.5) is 4.39 Å². The summed E-state index contributed by atoms with van der Waals surface area (Å²) in [7, 11) is 0. The zero-order valence-electron chi connectivity index (χ0n) is 24.7. The number of aromatic nitrogens is 1. The fourth-order valence-electron chi connectivity index (χ4n) is 5.98. The molecule has 0 aliphatic carbocycles. The van der Waals surface area contributed by atoms with E-state index in [1.807, 2.05) is 37.8 Å². The van der Waals surface area contributed by atoms with Gasteiger partial charge in [0, 0.05) is 38.6 Å². The number of nitrogens with zero attached hydrogens (tertiary/aromatic N) is 3. The summed E-state index contributed by atoms with van der Waals surface area (Å²) in [5, 5.41) is 9.51. The van der Waals surface area contributed by atoms with Gasteiger partial charge in [0.2, 0.25) is 0 Å². The molecule has 1 aromatic heterocycles. The van der Waals surface area contributed by atoms with E-state index in [1.54, 1.807) is 19.1 Å². The van der Waals surface area contributed by atoms with Crippen molar-refractivity contribution in [1.82, 2.24) is 14.8 Å². The van der Waals surface area contributed by atoms with E-state index in [9.17, 15) is 19.1 Å². The zero-order valence-corrected chi connectivity index (χ0v) is 24.7. The molecule has 9 heteroatoms. The number of carbonyl (C=O) groups is 2. The fraction of sp³-hybridized carbons (Fsp3) is 0.424. The van der Waals surface area contributed by atoms with Crippen molar-refractivity contribution >= 4 is 11.9 Å². The molecule has 2 aromatic carbocycles. The van der Waals surface area contributed by atoms with Crippen molar-refractivity contribution in [2.24, 2.45) is 0 Å². The summed E-state index contributed by atoms with van der Waals surface area (Å²) >= 11 is 0. The minimum atomic E-state index is -1.07. The number of hydrogen-bond donors (Lipinski definition) is 1. The van der Waals surface area contributed by atoms with Crippen molar-refractivity contribution in [3.8, 4) is 22.6 Å². The number of amides is 1. The first-order valence-corrected chi connectivity index (χ1v) is 14.6. The van der Waals surface area contributed by atoms with Gasteiger partial charge in [-0.05, 0) is 82.0 Å². The predicted octanol–water partition coefficient (Wildman–Crippen LogP) is 5.74. The predicted molar refractivity (Wildman–Crippen MR) is 158 cm³/mol. The second-order valence-corrected chi connectivity index (χ2v) is 11.3. The Kier molecular flexibility index (Phi) is 8.77. The molecule has 0 unspecified atom stereocenters. The molecule has 3 heterocycles. The van der Waals surface area contributed by atoms with Crippen LogP contribution in [-0.4, -0.2) is 70.2 Å². The van der Waals surface area contributed by atoms with Gasteiger partial charge in [-0.3, -0.25) is 14.7 Å². The standard InChI is InChI=1S/C33H38FN3O5/c1-5-41-29-16-22(17-30(42-20(2)3)31(29)23-6-8-24(34)9-7-23)19-36-13-10-25(11-14-36)37-15-12-28-27(32(37)38)18-26(33(39)40)21(4)35-28/h6-9,16-18,20,25H,5,10-15,19H2,1-4H3,(H,39,40). The molecular formula is C33H38FN3O5. The van der Waals surface area contributed by atoms with Crippen molar-refractivity contribution < 1.29 is 28.6 Å². The van der Waals surface area contributed by atoms with E-state index in [0.29, 0.717) is 54.6 Å². The number of ether oxygens (including phenoxy) is 2. The summed E-state index contributed by atoms with van der Waals surface area (Å²) < 4.78 is 26.0. The van der Waals surface area contributed by atoms with Gasteiger partial charge in [-0.15, -0.1) is 0 Å². The molecule has 0 radical (unpaired) electrons. The number of aromatic carboxylic acids is 1. The van der Waals surface area contributed by atoms with Gasteiger partial charge >= 0.3 is 5.97 Å². The number of halogens is 1. The van der Waals surface area contributed by atoms with Crippen LogP contribution in [0.15, 0.2) is 42.5 Å². The van der Waals surface area contributed by atoms with Crippen LogP contribution in [-0.2, 0) is 13.0 Å². The number of benzene rings is 2. The number of likely N-dealkylation sites (tertiary alicyclic amines) is 1. The van der Waals surface area contributed by atoms with Crippen molar-refractivity contribution in [3.63, 3.8) is 0 Å². The molecule has 1 fully saturated rings. The summed E-state index contributed by atoms with van der Waals surface area (Å²) in [6.45, 7) is 11.0. The number of piperidine rings is 1. The van der Waals surface area contributed by atoms with E-state index in [2.05, 4.69) is 9.88 Å². The topological polar surface area (TPSA) is 92.2 Å². The van der Waals surface area contributed by atoms with Crippen molar-refractivity contribution in [2.45, 2.75) is 65.6 Å². The van der Waals surface area contributed by atoms with Gasteiger partial charge in [0.1, 0.15) is 17.3 Å². The van der Waals surface area contributed by atoms with Gasteiger partial charge in [0.25, 0.3) is 5.91 Å². The second-order valence-electron chi connectivity index (χ2n) is 11.3. The first-order valence-electron chi connectivity index (χ1n) is 14.6. The molecule has 2 aliphatic heterocycles. The van der Waals surface area contributed by atoms with Crippen LogP contribution in [0.5, 0.6) is 11.5 Å². The molecule has 2 aliphatic rings. The quantitative estimate of drug-likeness (QED) is 0.348. The summed E-state index contributed by atoms with van der Waals surface area (Å²) in [6, 6.07) is 12.0. The Morgan fingerprint density at radius 3 is 2.43 bits per heavy atom. The minimum Gasteiger partial charge on any atom is -0.493 e. The molecule has 3 aromatic rings. The van der Waals surface area contributed by atoms with Gasteiger partial charge < -0.3 is 19.5 Å². The van der Waals surface area contributed by atoms with Crippen LogP contribution in [0.3, 0.4) is 0 Å². The van der Waals surface area contributed by atoms with Crippen LogP contribution in [0.25, 0.3) is 11.1 Å². The van der Waals surface area contributed by atoms with Gasteiger partial charge in [-0.25, -0.2) is 9.18 Å². The van der Waals surface area contributed by atoms with Gasteiger partial charge in [-0.1, -0.05) is 12.1 Å². The summed E-state index contributed by atoms with van der Waals surface area (Å²) in [6.07, 6.45) is 2.23. The Hall–Kier alpha value is -3.98. The smallest absolute Gasteiger partial charge is 0.337 e. The number of fused-ring (bicyclic) bond motifs is 1. The average molecular weight is 576 g/mol. The average Bonchev–Trinajstić information content (AvgIpc) is 2.94. The number of aryl methyl sites for hydroxylation is 1. The van der Waals surface area contributed by atoms with Crippen molar-refractivity contribution in [2.75, 3.05) is 26.2 Å². The maximum Gasteiger partial charge on any atom is 0.337 e. The molecular weight excluding hydrogens is 537 g/mol. The molecule has 5 rings (SSSR count).